The molecule has 3 rings (SSSR count). The smallest absolute Gasteiger partial charge is 0.350 e. The Morgan fingerprint density at radius 3 is 3.10 bits per heavy atom. The van der Waals surface area contributed by atoms with Gasteiger partial charge in [-0.05, 0) is 43.7 Å². The quantitative estimate of drug-likeness (QED) is 0.865. The SMILES string of the molecule is COC(=O)c1sccc1-n1c(C)cc2c1CCCC2O. The number of methoxy groups -OCH3 is 1. The van der Waals surface area contributed by atoms with E-state index in [2.05, 4.69) is 4.57 Å². The number of ether oxygens (including phenoxy) is 1. The third-order valence-electron chi connectivity index (χ3n) is 3.83. The molecule has 2 aromatic heterocycles. The number of aromatic nitrogens is 1. The molecule has 0 saturated carbocycles. The summed E-state index contributed by atoms with van der Waals surface area (Å²) in [5.74, 6) is -0.312. The molecule has 1 unspecified atom stereocenters. The highest BCUT2D eigenvalue weighted by Gasteiger charge is 2.26. The lowest BCUT2D eigenvalue weighted by Gasteiger charge is -2.20. The number of aliphatic hydroxyl groups excluding tert-OH is 1. The Balaban J connectivity index is 2.16. The number of fused-ring (bicyclic) bond motifs is 1. The number of carbonyl (C=O) groups excluding carboxylic acids is 1. The Bertz CT molecular complexity index is 656. The van der Waals surface area contributed by atoms with Gasteiger partial charge in [0.1, 0.15) is 4.88 Å². The van der Waals surface area contributed by atoms with Crippen molar-refractivity contribution in [1.82, 2.24) is 4.57 Å². The number of aryl methyl sites for hydroxylation is 1. The summed E-state index contributed by atoms with van der Waals surface area (Å²) in [5, 5.41) is 12.0. The third-order valence-corrected chi connectivity index (χ3v) is 4.71. The van der Waals surface area contributed by atoms with Crippen LogP contribution >= 0.6 is 11.3 Å². The van der Waals surface area contributed by atoms with Gasteiger partial charge in [0.2, 0.25) is 0 Å². The van der Waals surface area contributed by atoms with Gasteiger partial charge in [-0.25, -0.2) is 4.79 Å². The van der Waals surface area contributed by atoms with E-state index >= 15 is 0 Å². The molecule has 2 heterocycles. The number of thiophene rings is 1. The first kappa shape index (κ1) is 13.4. The number of esters is 1. The molecular formula is C15H17NO3S. The second-order valence-electron chi connectivity index (χ2n) is 5.06. The number of hydrogen-bond acceptors (Lipinski definition) is 4. The molecule has 20 heavy (non-hydrogen) atoms. The fourth-order valence-corrected chi connectivity index (χ4v) is 3.73. The van der Waals surface area contributed by atoms with Gasteiger partial charge in [-0.15, -0.1) is 11.3 Å². The minimum atomic E-state index is -0.390. The van der Waals surface area contributed by atoms with Crippen LogP contribution in [0.5, 0.6) is 0 Å². The monoisotopic (exact) mass is 291 g/mol. The molecule has 0 aromatic carbocycles. The van der Waals surface area contributed by atoms with Gasteiger partial charge in [-0.1, -0.05) is 0 Å². The average molecular weight is 291 g/mol. The molecule has 0 amide bonds. The molecule has 0 fully saturated rings. The first-order chi connectivity index (χ1) is 9.63. The molecule has 0 radical (unpaired) electrons. The highest BCUT2D eigenvalue weighted by atomic mass is 32.1. The number of aliphatic hydroxyl groups is 1. The molecule has 1 atom stereocenters. The summed E-state index contributed by atoms with van der Waals surface area (Å²) in [6.07, 6.45) is 2.31. The zero-order valence-corrected chi connectivity index (χ0v) is 12.4. The molecule has 0 saturated heterocycles. The summed E-state index contributed by atoms with van der Waals surface area (Å²) in [7, 11) is 1.40. The van der Waals surface area contributed by atoms with Crippen LogP contribution in [0.3, 0.4) is 0 Å². The van der Waals surface area contributed by atoms with E-state index in [0.29, 0.717) is 4.88 Å². The van der Waals surface area contributed by atoms with E-state index in [1.54, 1.807) is 0 Å². The normalized spacial score (nSPS) is 17.9. The lowest BCUT2D eigenvalue weighted by atomic mass is 9.95. The van der Waals surface area contributed by atoms with Crippen LogP contribution in [-0.2, 0) is 11.2 Å². The predicted octanol–water partition coefficient (Wildman–Crippen LogP) is 3.00. The molecule has 1 aliphatic rings. The highest BCUT2D eigenvalue weighted by Crippen LogP contribution is 2.35. The van der Waals surface area contributed by atoms with Crippen molar-refractivity contribution in [3.8, 4) is 5.69 Å². The van der Waals surface area contributed by atoms with Gasteiger partial charge >= 0.3 is 5.97 Å². The average Bonchev–Trinajstić information content (AvgIpc) is 3.02. The van der Waals surface area contributed by atoms with Crippen molar-refractivity contribution >= 4 is 17.3 Å². The molecule has 0 bridgehead atoms. The van der Waals surface area contributed by atoms with Gasteiger partial charge in [-0.2, -0.15) is 0 Å². The summed E-state index contributed by atoms with van der Waals surface area (Å²) in [5.41, 5.74) is 4.01. The van der Waals surface area contributed by atoms with Crippen LogP contribution < -0.4 is 0 Å². The molecule has 4 nitrogen and oxygen atoms in total. The number of rotatable bonds is 2. The molecule has 5 heteroatoms. The largest absolute Gasteiger partial charge is 0.465 e. The van der Waals surface area contributed by atoms with Crippen LogP contribution in [0.2, 0.25) is 0 Å². The molecule has 1 aliphatic carbocycles. The van der Waals surface area contributed by atoms with Gasteiger partial charge < -0.3 is 14.4 Å². The van der Waals surface area contributed by atoms with Gasteiger partial charge in [0.05, 0.1) is 18.9 Å². The van der Waals surface area contributed by atoms with E-state index in [0.717, 1.165) is 41.9 Å². The zero-order valence-electron chi connectivity index (χ0n) is 11.5. The maximum Gasteiger partial charge on any atom is 0.350 e. The predicted molar refractivity (Wildman–Crippen MR) is 77.6 cm³/mol. The van der Waals surface area contributed by atoms with Crippen LogP contribution in [0.1, 0.15) is 45.6 Å². The topological polar surface area (TPSA) is 51.5 Å². The second-order valence-corrected chi connectivity index (χ2v) is 5.97. The second kappa shape index (κ2) is 5.07. The van der Waals surface area contributed by atoms with Crippen molar-refractivity contribution < 1.29 is 14.6 Å². The Hall–Kier alpha value is -1.59. The third kappa shape index (κ3) is 1.98. The van der Waals surface area contributed by atoms with Gasteiger partial charge in [0.25, 0.3) is 0 Å². The molecule has 0 spiro atoms. The lowest BCUT2D eigenvalue weighted by molar-refractivity contribution is 0.0606. The highest BCUT2D eigenvalue weighted by molar-refractivity contribution is 7.12. The van der Waals surface area contributed by atoms with E-state index in [4.69, 9.17) is 4.74 Å². The first-order valence-corrected chi connectivity index (χ1v) is 7.56. The Morgan fingerprint density at radius 2 is 2.35 bits per heavy atom. The summed E-state index contributed by atoms with van der Waals surface area (Å²) in [6.45, 7) is 2.00. The van der Waals surface area contributed by atoms with Crippen LogP contribution in [0.4, 0.5) is 0 Å². The van der Waals surface area contributed by atoms with Crippen molar-refractivity contribution in [2.45, 2.75) is 32.3 Å². The lowest BCUT2D eigenvalue weighted by Crippen LogP contribution is -2.13. The van der Waals surface area contributed by atoms with Crippen molar-refractivity contribution in [1.29, 1.82) is 0 Å². The molecule has 2 aromatic rings. The summed E-state index contributed by atoms with van der Waals surface area (Å²) in [6, 6.07) is 3.96. The number of nitrogens with zero attached hydrogens (tertiary/aromatic N) is 1. The van der Waals surface area contributed by atoms with E-state index in [9.17, 15) is 9.90 Å². The van der Waals surface area contributed by atoms with Crippen molar-refractivity contribution in [3.05, 3.63) is 39.3 Å². The standard InChI is InChI=1S/C15H17NO3S/c1-9-8-10-11(4-3-5-13(10)17)16(9)12-6-7-20-14(12)15(18)19-2/h6-8,13,17H,3-5H2,1-2H3. The number of hydrogen-bond donors (Lipinski definition) is 1. The Labute approximate surface area is 121 Å². The molecule has 0 aliphatic heterocycles. The van der Waals surface area contributed by atoms with E-state index in [-0.39, 0.29) is 12.1 Å². The van der Waals surface area contributed by atoms with Crippen LogP contribution in [0.15, 0.2) is 17.5 Å². The van der Waals surface area contributed by atoms with E-state index < -0.39 is 0 Å². The van der Waals surface area contributed by atoms with Crippen LogP contribution in [0, 0.1) is 6.92 Å². The maximum atomic E-state index is 11.9. The Morgan fingerprint density at radius 1 is 1.55 bits per heavy atom. The van der Waals surface area contributed by atoms with Crippen molar-refractivity contribution in [2.24, 2.45) is 0 Å². The van der Waals surface area contributed by atoms with Gasteiger partial charge in [0.15, 0.2) is 0 Å². The zero-order chi connectivity index (χ0) is 14.3. The summed E-state index contributed by atoms with van der Waals surface area (Å²) >= 11 is 1.38. The fraction of sp³-hybridized carbons (Fsp3) is 0.400. The summed E-state index contributed by atoms with van der Waals surface area (Å²) in [4.78, 5) is 12.5. The minimum Gasteiger partial charge on any atom is -0.465 e. The Kier molecular flexibility index (Phi) is 3.40. The van der Waals surface area contributed by atoms with Crippen molar-refractivity contribution in [3.63, 3.8) is 0 Å². The fourth-order valence-electron chi connectivity index (χ4n) is 2.94. The maximum absolute atomic E-state index is 11.9. The van der Waals surface area contributed by atoms with Crippen LogP contribution in [0.25, 0.3) is 5.69 Å². The molecule has 106 valence electrons. The van der Waals surface area contributed by atoms with E-state index in [1.807, 2.05) is 24.4 Å². The molecular weight excluding hydrogens is 274 g/mol. The van der Waals surface area contributed by atoms with Gasteiger partial charge in [-0.3, -0.25) is 0 Å². The van der Waals surface area contributed by atoms with Gasteiger partial charge in [0, 0.05) is 17.0 Å². The van der Waals surface area contributed by atoms with E-state index in [1.165, 1.54) is 18.4 Å². The summed E-state index contributed by atoms with van der Waals surface area (Å²) < 4.78 is 6.93. The molecule has 1 N–H and O–H groups in total. The minimum absolute atomic E-state index is 0.312. The van der Waals surface area contributed by atoms with Crippen LogP contribution in [-0.4, -0.2) is 22.8 Å². The first-order valence-electron chi connectivity index (χ1n) is 6.69. The number of carbonyl (C=O) groups is 1. The van der Waals surface area contributed by atoms with Crippen molar-refractivity contribution in [2.75, 3.05) is 7.11 Å².